The van der Waals surface area contributed by atoms with Gasteiger partial charge in [-0.2, -0.15) is 13.2 Å². The van der Waals surface area contributed by atoms with Gasteiger partial charge in [-0.3, -0.25) is 9.59 Å². The number of aromatic amines is 1. The maximum Gasteiger partial charge on any atom is 0.431 e. The largest absolute Gasteiger partial charge is 0.431 e. The molecule has 1 saturated carbocycles. The Kier molecular flexibility index (Phi) is 6.01. The highest BCUT2D eigenvalue weighted by atomic mass is 35.5. The SMILES string of the molecule is Cl.NCC1CCCC1NC(=O)c1ccc(C(F)(F)F)[nH]c1=O. The second-order valence-electron chi connectivity index (χ2n) is 5.12. The number of nitrogens with two attached hydrogens (primary N) is 1. The number of halogens is 4. The van der Waals surface area contributed by atoms with Crippen LogP contribution in [0.5, 0.6) is 0 Å². The third-order valence-electron chi connectivity index (χ3n) is 3.74. The van der Waals surface area contributed by atoms with Gasteiger partial charge >= 0.3 is 6.18 Å². The van der Waals surface area contributed by atoms with Crippen LogP contribution >= 0.6 is 12.4 Å². The molecular formula is C13H17ClF3N3O2. The number of alkyl halides is 3. The van der Waals surface area contributed by atoms with E-state index < -0.39 is 23.3 Å². The van der Waals surface area contributed by atoms with Gasteiger partial charge in [-0.25, -0.2) is 0 Å². The molecule has 2 atom stereocenters. The molecule has 1 fully saturated rings. The van der Waals surface area contributed by atoms with Crippen molar-refractivity contribution in [2.45, 2.75) is 31.5 Å². The van der Waals surface area contributed by atoms with E-state index in [1.165, 1.54) is 0 Å². The first-order valence-corrected chi connectivity index (χ1v) is 6.64. The quantitative estimate of drug-likeness (QED) is 0.782. The van der Waals surface area contributed by atoms with Crippen LogP contribution < -0.4 is 16.6 Å². The normalized spacial score (nSPS) is 21.3. The minimum Gasteiger partial charge on any atom is -0.349 e. The monoisotopic (exact) mass is 339 g/mol. The topological polar surface area (TPSA) is 88.0 Å². The third-order valence-corrected chi connectivity index (χ3v) is 3.74. The van der Waals surface area contributed by atoms with Gasteiger partial charge < -0.3 is 16.0 Å². The summed E-state index contributed by atoms with van der Waals surface area (Å²) in [5.41, 5.74) is 3.04. The highest BCUT2D eigenvalue weighted by Gasteiger charge is 2.33. The molecule has 22 heavy (non-hydrogen) atoms. The molecule has 1 aromatic rings. The van der Waals surface area contributed by atoms with Gasteiger partial charge in [0.05, 0.1) is 0 Å². The van der Waals surface area contributed by atoms with Crippen LogP contribution in [0.3, 0.4) is 0 Å². The zero-order valence-corrected chi connectivity index (χ0v) is 12.4. The molecule has 4 N–H and O–H groups in total. The molecule has 0 radical (unpaired) electrons. The number of amides is 1. The van der Waals surface area contributed by atoms with Crippen molar-refractivity contribution in [3.05, 3.63) is 33.7 Å². The van der Waals surface area contributed by atoms with Crippen LogP contribution in [0.4, 0.5) is 13.2 Å². The predicted molar refractivity (Wildman–Crippen MR) is 77.0 cm³/mol. The maximum atomic E-state index is 12.4. The molecule has 1 heterocycles. The van der Waals surface area contributed by atoms with Gasteiger partial charge in [0.25, 0.3) is 11.5 Å². The van der Waals surface area contributed by atoms with Crippen LogP contribution in [0.25, 0.3) is 0 Å². The Balaban J connectivity index is 0.00000242. The van der Waals surface area contributed by atoms with Crippen molar-refractivity contribution < 1.29 is 18.0 Å². The Hall–Kier alpha value is -1.54. The van der Waals surface area contributed by atoms with Crippen LogP contribution in [-0.4, -0.2) is 23.5 Å². The van der Waals surface area contributed by atoms with Crippen LogP contribution in [0.1, 0.15) is 35.3 Å². The smallest absolute Gasteiger partial charge is 0.349 e. The van der Waals surface area contributed by atoms with Crippen molar-refractivity contribution in [2.75, 3.05) is 6.54 Å². The van der Waals surface area contributed by atoms with E-state index in [1.54, 1.807) is 4.98 Å². The van der Waals surface area contributed by atoms with Crippen molar-refractivity contribution in [3.8, 4) is 0 Å². The lowest BCUT2D eigenvalue weighted by Crippen LogP contribution is -2.41. The van der Waals surface area contributed by atoms with E-state index >= 15 is 0 Å². The molecule has 5 nitrogen and oxygen atoms in total. The lowest BCUT2D eigenvalue weighted by molar-refractivity contribution is -0.141. The van der Waals surface area contributed by atoms with Gasteiger partial charge in [0, 0.05) is 6.04 Å². The first-order chi connectivity index (χ1) is 9.82. The lowest BCUT2D eigenvalue weighted by Gasteiger charge is -2.19. The summed E-state index contributed by atoms with van der Waals surface area (Å²) >= 11 is 0. The van der Waals surface area contributed by atoms with Crippen molar-refractivity contribution in [3.63, 3.8) is 0 Å². The number of nitrogens with one attached hydrogen (secondary N) is 2. The van der Waals surface area contributed by atoms with Crippen LogP contribution in [0, 0.1) is 5.92 Å². The number of H-pyrrole nitrogens is 1. The van der Waals surface area contributed by atoms with Gasteiger partial charge in [-0.15, -0.1) is 12.4 Å². The van der Waals surface area contributed by atoms with Gasteiger partial charge in [0.2, 0.25) is 0 Å². The Morgan fingerprint density at radius 1 is 1.36 bits per heavy atom. The standard InChI is InChI=1S/C13H16F3N3O2.ClH/c14-13(15,16)10-5-4-8(12(21)19-10)11(20)18-9-3-1-2-7(9)6-17;/h4-5,7,9H,1-3,6,17H2,(H,18,20)(H,19,21);1H. The fourth-order valence-corrected chi connectivity index (χ4v) is 2.57. The highest BCUT2D eigenvalue weighted by molar-refractivity contribution is 5.94. The van der Waals surface area contributed by atoms with E-state index in [1.807, 2.05) is 0 Å². The summed E-state index contributed by atoms with van der Waals surface area (Å²) in [5, 5.41) is 2.68. The zero-order valence-electron chi connectivity index (χ0n) is 11.6. The number of hydrogen-bond acceptors (Lipinski definition) is 3. The summed E-state index contributed by atoms with van der Waals surface area (Å²) in [4.78, 5) is 25.3. The summed E-state index contributed by atoms with van der Waals surface area (Å²) in [6.45, 7) is 0.425. The Labute approximate surface area is 130 Å². The van der Waals surface area contributed by atoms with E-state index in [0.29, 0.717) is 12.6 Å². The van der Waals surface area contributed by atoms with Crippen LogP contribution in [0.15, 0.2) is 16.9 Å². The molecule has 124 valence electrons. The molecule has 1 aromatic heterocycles. The molecule has 0 spiro atoms. The molecule has 9 heteroatoms. The molecule has 2 rings (SSSR count). The molecule has 0 saturated heterocycles. The predicted octanol–water partition coefficient (Wildman–Crippen LogP) is 1.67. The second kappa shape index (κ2) is 7.15. The average molecular weight is 340 g/mol. The van der Waals surface area contributed by atoms with Crippen molar-refractivity contribution >= 4 is 18.3 Å². The molecule has 1 aliphatic rings. The van der Waals surface area contributed by atoms with Crippen molar-refractivity contribution in [1.82, 2.24) is 10.3 Å². The molecular weight excluding hydrogens is 323 g/mol. The first-order valence-electron chi connectivity index (χ1n) is 6.64. The first kappa shape index (κ1) is 18.5. The van der Waals surface area contributed by atoms with Crippen molar-refractivity contribution in [2.24, 2.45) is 11.7 Å². The van der Waals surface area contributed by atoms with Gasteiger partial charge in [-0.05, 0) is 37.4 Å². The van der Waals surface area contributed by atoms with Crippen molar-refractivity contribution in [1.29, 1.82) is 0 Å². The van der Waals surface area contributed by atoms with Crippen LogP contribution in [-0.2, 0) is 6.18 Å². The number of carbonyl (C=O) groups excluding carboxylic acids is 1. The number of carbonyl (C=O) groups is 1. The molecule has 1 aliphatic carbocycles. The van der Waals surface area contributed by atoms with E-state index in [9.17, 15) is 22.8 Å². The number of pyridine rings is 1. The Morgan fingerprint density at radius 3 is 2.59 bits per heavy atom. The van der Waals surface area contributed by atoms with E-state index in [-0.39, 0.29) is 29.9 Å². The molecule has 0 aromatic carbocycles. The summed E-state index contributed by atoms with van der Waals surface area (Å²) in [5.74, 6) is -0.530. The van der Waals surface area contributed by atoms with E-state index in [2.05, 4.69) is 5.32 Å². The van der Waals surface area contributed by atoms with Gasteiger partial charge in [0.15, 0.2) is 0 Å². The molecule has 2 unspecified atom stereocenters. The summed E-state index contributed by atoms with van der Waals surface area (Å²) < 4.78 is 37.3. The molecule has 0 bridgehead atoms. The summed E-state index contributed by atoms with van der Waals surface area (Å²) in [6.07, 6.45) is -2.07. The van der Waals surface area contributed by atoms with E-state index in [0.717, 1.165) is 25.3 Å². The fraction of sp³-hybridized carbons (Fsp3) is 0.538. The summed E-state index contributed by atoms with van der Waals surface area (Å²) in [6, 6.07) is 1.44. The van der Waals surface area contributed by atoms with Gasteiger partial charge in [0.1, 0.15) is 11.3 Å². The average Bonchev–Trinajstić information content (AvgIpc) is 2.84. The molecule has 1 amide bonds. The summed E-state index contributed by atoms with van der Waals surface area (Å²) in [7, 11) is 0. The minimum absolute atomic E-state index is 0. The fourth-order valence-electron chi connectivity index (χ4n) is 2.57. The Bertz CT molecular complexity index is 589. The third kappa shape index (κ3) is 4.01. The number of rotatable bonds is 3. The van der Waals surface area contributed by atoms with Crippen LogP contribution in [0.2, 0.25) is 0 Å². The number of hydrogen-bond donors (Lipinski definition) is 3. The molecule has 0 aliphatic heterocycles. The number of aromatic nitrogens is 1. The highest BCUT2D eigenvalue weighted by Crippen LogP contribution is 2.27. The maximum absolute atomic E-state index is 12.4. The minimum atomic E-state index is -4.65. The second-order valence-corrected chi connectivity index (χ2v) is 5.12. The Morgan fingerprint density at radius 2 is 2.05 bits per heavy atom. The lowest BCUT2D eigenvalue weighted by atomic mass is 10.0. The van der Waals surface area contributed by atoms with Gasteiger partial charge in [-0.1, -0.05) is 6.42 Å². The van der Waals surface area contributed by atoms with E-state index in [4.69, 9.17) is 5.73 Å². The zero-order chi connectivity index (χ0) is 15.6.